The standard InChI is InChI=1S/C30H30F3N9O/c31-21-3-1-20(2-4-21)27-28(26-7-11-36-29(34)39-26)42(19-37-27)23-8-12-40(13-9-23)14-10-30(43,16-41-18-35-17-38-41)24-6-5-22(32)15-25(24)33/h1-7,11,15,17-19,23,43H,8-10,12-14,16H2,(H2,34,36,39)/t30-/m0/s1. The summed E-state index contributed by atoms with van der Waals surface area (Å²) in [5, 5.41) is 15.7. The zero-order chi connectivity index (χ0) is 30.0. The Morgan fingerprint density at radius 1 is 0.953 bits per heavy atom. The topological polar surface area (TPSA) is 124 Å². The first-order valence-electron chi connectivity index (χ1n) is 13.9. The largest absolute Gasteiger partial charge is 0.383 e. The van der Waals surface area contributed by atoms with E-state index in [0.29, 0.717) is 31.0 Å². The van der Waals surface area contributed by atoms with E-state index in [1.807, 2.05) is 0 Å². The van der Waals surface area contributed by atoms with Crippen LogP contribution in [0.5, 0.6) is 0 Å². The predicted molar refractivity (Wildman–Crippen MR) is 153 cm³/mol. The SMILES string of the molecule is Nc1nccc(-c2c(-c3ccc(F)cc3)ncn2C2CCN(CC[C@](O)(Cn3cncn3)c3ccc(F)cc3F)CC2)n1. The Hall–Kier alpha value is -4.62. The molecule has 0 aliphatic carbocycles. The minimum Gasteiger partial charge on any atom is -0.383 e. The maximum absolute atomic E-state index is 14.8. The van der Waals surface area contributed by atoms with Crippen LogP contribution in [0.3, 0.4) is 0 Å². The van der Waals surface area contributed by atoms with E-state index >= 15 is 0 Å². The second-order valence-electron chi connectivity index (χ2n) is 10.7. The van der Waals surface area contributed by atoms with Gasteiger partial charge in [-0.1, -0.05) is 6.07 Å². The number of imidazole rings is 1. The monoisotopic (exact) mass is 589 g/mol. The quantitative estimate of drug-likeness (QED) is 0.262. The van der Waals surface area contributed by atoms with Crippen molar-refractivity contribution in [2.75, 3.05) is 25.4 Å². The fourth-order valence-corrected chi connectivity index (χ4v) is 5.73. The van der Waals surface area contributed by atoms with Crippen molar-refractivity contribution < 1.29 is 18.3 Å². The van der Waals surface area contributed by atoms with Crippen molar-refractivity contribution in [3.8, 4) is 22.6 Å². The molecular weight excluding hydrogens is 559 g/mol. The molecule has 0 radical (unpaired) electrons. The van der Waals surface area contributed by atoms with Crippen LogP contribution in [0.15, 0.2) is 73.7 Å². The first kappa shape index (κ1) is 28.5. The number of piperidine rings is 1. The first-order chi connectivity index (χ1) is 20.8. The predicted octanol–water partition coefficient (Wildman–Crippen LogP) is 4.21. The Morgan fingerprint density at radius 2 is 1.72 bits per heavy atom. The van der Waals surface area contributed by atoms with Crippen LogP contribution in [0.4, 0.5) is 19.1 Å². The molecule has 5 aromatic rings. The van der Waals surface area contributed by atoms with Crippen molar-refractivity contribution >= 4 is 5.95 Å². The zero-order valence-electron chi connectivity index (χ0n) is 23.2. The lowest BCUT2D eigenvalue weighted by Crippen LogP contribution is -2.40. The molecule has 0 unspecified atom stereocenters. The lowest BCUT2D eigenvalue weighted by molar-refractivity contribution is -0.00800. The molecule has 4 heterocycles. The van der Waals surface area contributed by atoms with Crippen LogP contribution >= 0.6 is 0 Å². The number of nitrogens with two attached hydrogens (primary N) is 1. The summed E-state index contributed by atoms with van der Waals surface area (Å²) in [6.45, 7) is 1.88. The van der Waals surface area contributed by atoms with E-state index in [1.165, 1.54) is 35.5 Å². The van der Waals surface area contributed by atoms with Crippen LogP contribution in [-0.4, -0.2) is 63.9 Å². The van der Waals surface area contributed by atoms with Crippen molar-refractivity contribution in [2.24, 2.45) is 0 Å². The molecule has 1 atom stereocenters. The highest BCUT2D eigenvalue weighted by Gasteiger charge is 2.35. The van der Waals surface area contributed by atoms with Crippen molar-refractivity contribution in [2.45, 2.75) is 37.5 Å². The fraction of sp³-hybridized carbons (Fsp3) is 0.300. The van der Waals surface area contributed by atoms with Crippen LogP contribution in [0.25, 0.3) is 22.6 Å². The van der Waals surface area contributed by atoms with E-state index in [4.69, 9.17) is 5.73 Å². The molecule has 6 rings (SSSR count). The summed E-state index contributed by atoms with van der Waals surface area (Å²) < 4.78 is 45.6. The maximum Gasteiger partial charge on any atom is 0.220 e. The van der Waals surface area contributed by atoms with Crippen LogP contribution in [0.2, 0.25) is 0 Å². The molecule has 0 bridgehead atoms. The molecule has 3 N–H and O–H groups in total. The van der Waals surface area contributed by atoms with Crippen LogP contribution in [0, 0.1) is 17.5 Å². The Balaban J connectivity index is 1.20. The highest BCUT2D eigenvalue weighted by molar-refractivity contribution is 5.77. The molecule has 0 amide bonds. The number of nitrogen functional groups attached to an aromatic ring is 1. The highest BCUT2D eigenvalue weighted by atomic mass is 19.1. The minimum atomic E-state index is -1.63. The van der Waals surface area contributed by atoms with Gasteiger partial charge in [-0.25, -0.2) is 37.8 Å². The van der Waals surface area contributed by atoms with Gasteiger partial charge in [0.2, 0.25) is 5.95 Å². The molecule has 0 spiro atoms. The molecule has 43 heavy (non-hydrogen) atoms. The third-order valence-corrected chi connectivity index (χ3v) is 7.94. The second-order valence-corrected chi connectivity index (χ2v) is 10.7. The third kappa shape index (κ3) is 6.13. The second kappa shape index (κ2) is 11.9. The number of nitrogens with zero attached hydrogens (tertiary/aromatic N) is 8. The van der Waals surface area contributed by atoms with Gasteiger partial charge >= 0.3 is 0 Å². The van der Waals surface area contributed by atoms with E-state index in [2.05, 4.69) is 34.5 Å². The van der Waals surface area contributed by atoms with Gasteiger partial charge in [0, 0.05) is 49.1 Å². The van der Waals surface area contributed by atoms with Crippen molar-refractivity contribution in [1.82, 2.24) is 39.2 Å². The van der Waals surface area contributed by atoms with Crippen LogP contribution in [0.1, 0.15) is 30.9 Å². The summed E-state index contributed by atoms with van der Waals surface area (Å²) in [6.07, 6.45) is 7.92. The maximum atomic E-state index is 14.8. The fourth-order valence-electron chi connectivity index (χ4n) is 5.73. The lowest BCUT2D eigenvalue weighted by atomic mass is 9.89. The molecule has 13 heteroatoms. The Kier molecular flexibility index (Phi) is 7.91. The van der Waals surface area contributed by atoms with Gasteiger partial charge < -0.3 is 20.3 Å². The van der Waals surface area contributed by atoms with E-state index < -0.39 is 17.2 Å². The molecule has 10 nitrogen and oxygen atoms in total. The number of aliphatic hydroxyl groups is 1. The number of halogens is 3. The van der Waals surface area contributed by atoms with Gasteiger partial charge in [0.05, 0.1) is 30.0 Å². The van der Waals surface area contributed by atoms with Gasteiger partial charge in [-0.15, -0.1) is 0 Å². The van der Waals surface area contributed by atoms with Gasteiger partial charge in [-0.05, 0) is 55.7 Å². The van der Waals surface area contributed by atoms with Crippen molar-refractivity contribution in [3.63, 3.8) is 0 Å². The summed E-state index contributed by atoms with van der Waals surface area (Å²) in [5.41, 5.74) is 7.10. The van der Waals surface area contributed by atoms with Crippen LogP contribution in [-0.2, 0) is 12.1 Å². The molecule has 1 aliphatic heterocycles. The van der Waals surface area contributed by atoms with Gasteiger partial charge in [0.1, 0.15) is 35.7 Å². The molecule has 1 saturated heterocycles. The number of rotatable bonds is 9. The van der Waals surface area contributed by atoms with E-state index in [9.17, 15) is 18.3 Å². The molecule has 1 fully saturated rings. The Labute approximate surface area is 245 Å². The van der Waals surface area contributed by atoms with Gasteiger partial charge in [-0.3, -0.25) is 0 Å². The summed E-state index contributed by atoms with van der Waals surface area (Å²) in [7, 11) is 0. The normalized spacial score (nSPS) is 15.9. The van der Waals surface area contributed by atoms with Crippen molar-refractivity contribution in [1.29, 1.82) is 0 Å². The average molecular weight is 590 g/mol. The first-order valence-corrected chi connectivity index (χ1v) is 13.9. The molecular formula is C30H30F3N9O. The van der Waals surface area contributed by atoms with Gasteiger partial charge in [-0.2, -0.15) is 5.10 Å². The summed E-state index contributed by atoms with van der Waals surface area (Å²) in [5.74, 6) is -1.71. The number of likely N-dealkylation sites (tertiary alicyclic amines) is 1. The minimum absolute atomic E-state index is 0.0137. The van der Waals surface area contributed by atoms with Gasteiger partial charge in [0.15, 0.2) is 0 Å². The van der Waals surface area contributed by atoms with Crippen LogP contribution < -0.4 is 5.73 Å². The molecule has 3 aromatic heterocycles. The summed E-state index contributed by atoms with van der Waals surface area (Å²) in [4.78, 5) is 19.3. The number of anilines is 1. The molecule has 1 aliphatic rings. The number of hydrogen-bond acceptors (Lipinski definition) is 8. The highest BCUT2D eigenvalue weighted by Crippen LogP contribution is 2.36. The van der Waals surface area contributed by atoms with E-state index in [0.717, 1.165) is 36.2 Å². The lowest BCUT2D eigenvalue weighted by Gasteiger charge is -2.36. The molecule has 222 valence electrons. The Morgan fingerprint density at radius 3 is 2.42 bits per heavy atom. The zero-order valence-corrected chi connectivity index (χ0v) is 23.2. The molecule has 0 saturated carbocycles. The number of benzene rings is 2. The van der Waals surface area contributed by atoms with E-state index in [-0.39, 0.29) is 36.3 Å². The number of hydrogen-bond donors (Lipinski definition) is 2. The summed E-state index contributed by atoms with van der Waals surface area (Å²) in [6, 6.07) is 11.2. The van der Waals surface area contributed by atoms with E-state index in [1.54, 1.807) is 30.7 Å². The smallest absolute Gasteiger partial charge is 0.220 e. The van der Waals surface area contributed by atoms with Crippen molar-refractivity contribution in [3.05, 3.63) is 96.7 Å². The third-order valence-electron chi connectivity index (χ3n) is 7.94. The average Bonchev–Trinajstić information content (AvgIpc) is 3.67. The summed E-state index contributed by atoms with van der Waals surface area (Å²) >= 11 is 0. The molecule has 2 aromatic carbocycles. The van der Waals surface area contributed by atoms with Gasteiger partial charge in [0.25, 0.3) is 0 Å². The number of aromatic nitrogens is 7. The Bertz CT molecular complexity index is 1690.